The predicted octanol–water partition coefficient (Wildman–Crippen LogP) is 1.55. The van der Waals surface area contributed by atoms with E-state index < -0.39 is 0 Å². The van der Waals surface area contributed by atoms with E-state index in [1.54, 1.807) is 14.0 Å². The third-order valence-electron chi connectivity index (χ3n) is 1.97. The van der Waals surface area contributed by atoms with Gasteiger partial charge in [-0.15, -0.1) is 0 Å². The SMILES string of the molecule is CC(=O)c1cc(Cl)c(C)c(=O)n1C. The average molecular weight is 200 g/mol. The van der Waals surface area contributed by atoms with E-state index in [4.69, 9.17) is 11.6 Å². The van der Waals surface area contributed by atoms with Crippen molar-refractivity contribution in [1.29, 1.82) is 0 Å². The fourth-order valence-electron chi connectivity index (χ4n) is 1.13. The van der Waals surface area contributed by atoms with Crippen LogP contribution in [-0.2, 0) is 7.05 Å². The van der Waals surface area contributed by atoms with E-state index in [-0.39, 0.29) is 11.3 Å². The van der Waals surface area contributed by atoms with Crippen LogP contribution in [0, 0.1) is 6.92 Å². The molecule has 0 aliphatic rings. The van der Waals surface area contributed by atoms with Crippen LogP contribution in [0.5, 0.6) is 0 Å². The highest BCUT2D eigenvalue weighted by Crippen LogP contribution is 2.12. The second kappa shape index (κ2) is 3.34. The van der Waals surface area contributed by atoms with Gasteiger partial charge >= 0.3 is 0 Å². The van der Waals surface area contributed by atoms with Crippen molar-refractivity contribution in [2.45, 2.75) is 13.8 Å². The first-order valence-corrected chi connectivity index (χ1v) is 4.20. The van der Waals surface area contributed by atoms with Crippen molar-refractivity contribution in [3.63, 3.8) is 0 Å². The number of hydrogen-bond acceptors (Lipinski definition) is 2. The summed E-state index contributed by atoms with van der Waals surface area (Å²) in [6, 6.07) is 1.51. The van der Waals surface area contributed by atoms with Crippen LogP contribution in [0.1, 0.15) is 23.0 Å². The van der Waals surface area contributed by atoms with Crippen molar-refractivity contribution < 1.29 is 4.79 Å². The molecule has 0 unspecified atom stereocenters. The zero-order chi connectivity index (χ0) is 10.2. The number of nitrogens with zero attached hydrogens (tertiary/aromatic N) is 1. The molecule has 4 heteroatoms. The number of hydrogen-bond donors (Lipinski definition) is 0. The lowest BCUT2D eigenvalue weighted by atomic mass is 10.2. The van der Waals surface area contributed by atoms with Gasteiger partial charge in [-0.25, -0.2) is 0 Å². The fraction of sp³-hybridized carbons (Fsp3) is 0.333. The maximum Gasteiger partial charge on any atom is 0.255 e. The summed E-state index contributed by atoms with van der Waals surface area (Å²) in [5.74, 6) is -0.165. The third kappa shape index (κ3) is 1.65. The molecule has 1 rings (SSSR count). The smallest absolute Gasteiger partial charge is 0.255 e. The van der Waals surface area contributed by atoms with Gasteiger partial charge in [-0.05, 0) is 13.0 Å². The molecule has 1 heterocycles. The van der Waals surface area contributed by atoms with Gasteiger partial charge in [0.15, 0.2) is 5.78 Å². The van der Waals surface area contributed by atoms with Crippen LogP contribution in [0.3, 0.4) is 0 Å². The lowest BCUT2D eigenvalue weighted by Crippen LogP contribution is -2.24. The lowest BCUT2D eigenvalue weighted by Gasteiger charge is -2.06. The molecule has 1 aromatic heterocycles. The predicted molar refractivity (Wildman–Crippen MR) is 51.4 cm³/mol. The Morgan fingerprint density at radius 1 is 1.54 bits per heavy atom. The van der Waals surface area contributed by atoms with Crippen LogP contribution < -0.4 is 5.56 Å². The number of Topliss-reactive ketones (excluding diaryl/α,β-unsaturated/α-hetero) is 1. The van der Waals surface area contributed by atoms with Gasteiger partial charge in [-0.1, -0.05) is 11.6 Å². The van der Waals surface area contributed by atoms with Crippen molar-refractivity contribution in [2.24, 2.45) is 7.05 Å². The maximum absolute atomic E-state index is 11.4. The van der Waals surface area contributed by atoms with Crippen LogP contribution in [0.15, 0.2) is 10.9 Å². The maximum atomic E-state index is 11.4. The molecule has 0 N–H and O–H groups in total. The number of pyridine rings is 1. The zero-order valence-corrected chi connectivity index (χ0v) is 8.47. The largest absolute Gasteiger partial charge is 0.308 e. The summed E-state index contributed by atoms with van der Waals surface area (Å²) in [7, 11) is 1.56. The first-order chi connectivity index (χ1) is 5.95. The molecule has 0 aliphatic heterocycles. The molecule has 0 bridgehead atoms. The van der Waals surface area contributed by atoms with Crippen molar-refractivity contribution >= 4 is 17.4 Å². The molecule has 13 heavy (non-hydrogen) atoms. The first kappa shape index (κ1) is 9.99. The summed E-state index contributed by atoms with van der Waals surface area (Å²) in [5, 5.41) is 0.341. The molecule has 0 radical (unpaired) electrons. The normalized spacial score (nSPS) is 10.2. The highest BCUT2D eigenvalue weighted by molar-refractivity contribution is 6.31. The number of aromatic nitrogens is 1. The van der Waals surface area contributed by atoms with Crippen LogP contribution in [0.2, 0.25) is 5.02 Å². The summed E-state index contributed by atoms with van der Waals surface area (Å²) in [6.07, 6.45) is 0. The van der Waals surface area contributed by atoms with Crippen molar-refractivity contribution in [2.75, 3.05) is 0 Å². The average Bonchev–Trinajstić information content (AvgIpc) is 2.07. The second-order valence-corrected chi connectivity index (χ2v) is 3.33. The lowest BCUT2D eigenvalue weighted by molar-refractivity contribution is 0.100. The highest BCUT2D eigenvalue weighted by atomic mass is 35.5. The van der Waals surface area contributed by atoms with E-state index in [0.717, 1.165) is 0 Å². The van der Waals surface area contributed by atoms with Gasteiger partial charge in [0.1, 0.15) is 0 Å². The van der Waals surface area contributed by atoms with Crippen molar-refractivity contribution in [1.82, 2.24) is 4.57 Å². The van der Waals surface area contributed by atoms with Crippen LogP contribution in [0.4, 0.5) is 0 Å². The molecule has 0 aliphatic carbocycles. The van der Waals surface area contributed by atoms with E-state index >= 15 is 0 Å². The molecule has 70 valence electrons. The Morgan fingerprint density at radius 3 is 2.54 bits per heavy atom. The molecule has 0 amide bonds. The highest BCUT2D eigenvalue weighted by Gasteiger charge is 2.10. The molecule has 1 aromatic rings. The number of carbonyl (C=O) groups is 1. The van der Waals surface area contributed by atoms with E-state index in [1.807, 2.05) is 0 Å². The molecule has 0 saturated carbocycles. The zero-order valence-electron chi connectivity index (χ0n) is 7.72. The summed E-state index contributed by atoms with van der Waals surface area (Å²) in [6.45, 7) is 3.04. The van der Waals surface area contributed by atoms with E-state index in [9.17, 15) is 9.59 Å². The Kier molecular flexibility index (Phi) is 2.57. The Bertz CT molecular complexity index is 420. The minimum atomic E-state index is -0.224. The van der Waals surface area contributed by atoms with Crippen LogP contribution >= 0.6 is 11.6 Å². The van der Waals surface area contributed by atoms with Gasteiger partial charge < -0.3 is 4.57 Å². The Morgan fingerprint density at radius 2 is 2.08 bits per heavy atom. The molecular weight excluding hydrogens is 190 g/mol. The summed E-state index contributed by atoms with van der Waals surface area (Å²) >= 11 is 5.77. The standard InChI is InChI=1S/C9H10ClNO2/c1-5-7(10)4-8(6(2)12)11(3)9(5)13/h4H,1-3H3. The van der Waals surface area contributed by atoms with Gasteiger partial charge in [0.25, 0.3) is 5.56 Å². The molecule has 0 fully saturated rings. The van der Waals surface area contributed by atoms with E-state index in [1.165, 1.54) is 17.6 Å². The van der Waals surface area contributed by atoms with Crippen molar-refractivity contribution in [3.8, 4) is 0 Å². The van der Waals surface area contributed by atoms with Crippen molar-refractivity contribution in [3.05, 3.63) is 32.7 Å². The number of carbonyl (C=O) groups excluding carboxylic acids is 1. The monoisotopic (exact) mass is 199 g/mol. The fourth-order valence-corrected chi connectivity index (χ4v) is 1.31. The van der Waals surface area contributed by atoms with Crippen LogP contribution in [0.25, 0.3) is 0 Å². The van der Waals surface area contributed by atoms with Gasteiger partial charge in [0.2, 0.25) is 0 Å². The number of rotatable bonds is 1. The molecule has 0 spiro atoms. The minimum Gasteiger partial charge on any atom is -0.308 e. The van der Waals surface area contributed by atoms with Crippen LogP contribution in [-0.4, -0.2) is 10.4 Å². The van der Waals surface area contributed by atoms with Gasteiger partial charge in [-0.3, -0.25) is 9.59 Å². The number of halogens is 1. The summed E-state index contributed by atoms with van der Waals surface area (Å²) in [5.41, 5.74) is 0.576. The number of ketones is 1. The molecular formula is C9H10ClNO2. The van der Waals surface area contributed by atoms with Gasteiger partial charge in [0, 0.05) is 19.5 Å². The molecule has 3 nitrogen and oxygen atoms in total. The first-order valence-electron chi connectivity index (χ1n) is 3.82. The van der Waals surface area contributed by atoms with E-state index in [2.05, 4.69) is 0 Å². The van der Waals surface area contributed by atoms with Gasteiger partial charge in [0.05, 0.1) is 10.7 Å². The third-order valence-corrected chi connectivity index (χ3v) is 2.36. The molecule has 0 saturated heterocycles. The van der Waals surface area contributed by atoms with E-state index in [0.29, 0.717) is 16.3 Å². The second-order valence-electron chi connectivity index (χ2n) is 2.92. The Balaban J connectivity index is 3.60. The quantitative estimate of drug-likeness (QED) is 0.644. The summed E-state index contributed by atoms with van der Waals surface area (Å²) in [4.78, 5) is 22.5. The molecule has 0 aromatic carbocycles. The molecule has 0 atom stereocenters. The van der Waals surface area contributed by atoms with Gasteiger partial charge in [-0.2, -0.15) is 0 Å². The minimum absolute atomic E-state index is 0.165. The topological polar surface area (TPSA) is 39.1 Å². The summed E-state index contributed by atoms with van der Waals surface area (Å²) < 4.78 is 1.31. The Labute approximate surface area is 80.9 Å². The Hall–Kier alpha value is -1.09.